The summed E-state index contributed by atoms with van der Waals surface area (Å²) in [5.41, 5.74) is 7.97. The second-order valence-electron chi connectivity index (χ2n) is 5.51. The molecule has 1 saturated carbocycles. The average molecular weight is 301 g/mol. The number of nitrogens with two attached hydrogens (primary N) is 1. The van der Waals surface area contributed by atoms with Crippen LogP contribution < -0.4 is 11.1 Å². The fourth-order valence-electron chi connectivity index (χ4n) is 2.80. The molecule has 0 bridgehead atoms. The third-order valence-electron chi connectivity index (χ3n) is 3.99. The second-order valence-corrected chi connectivity index (χ2v) is 6.37. The van der Waals surface area contributed by atoms with E-state index < -0.39 is 0 Å². The summed E-state index contributed by atoms with van der Waals surface area (Å²) in [5, 5.41) is 5.51. The highest BCUT2D eigenvalue weighted by Gasteiger charge is 2.26. The molecule has 3 N–H and O–H groups in total. The predicted octanol–water partition coefficient (Wildman–Crippen LogP) is 3.27. The Morgan fingerprint density at radius 1 is 1.33 bits per heavy atom. The molecular weight excluding hydrogens is 282 g/mol. The first-order valence-electron chi connectivity index (χ1n) is 7.29. The van der Waals surface area contributed by atoms with Crippen molar-refractivity contribution in [2.45, 2.75) is 31.7 Å². The van der Waals surface area contributed by atoms with Gasteiger partial charge in [0.05, 0.1) is 5.69 Å². The number of nitrogens with zero attached hydrogens (tertiary/aromatic N) is 1. The summed E-state index contributed by atoms with van der Waals surface area (Å²) in [6.07, 6.45) is 3.73. The van der Waals surface area contributed by atoms with Crippen molar-refractivity contribution in [2.24, 2.45) is 11.7 Å². The minimum absolute atomic E-state index is 0.0197. The molecular formula is C16H19N3OS. The number of carbonyl (C=O) groups excluding carboxylic acids is 1. The Morgan fingerprint density at radius 2 is 2.14 bits per heavy atom. The summed E-state index contributed by atoms with van der Waals surface area (Å²) in [5.74, 6) is 0.338. The lowest BCUT2D eigenvalue weighted by Crippen LogP contribution is -2.28. The van der Waals surface area contributed by atoms with Gasteiger partial charge in [0, 0.05) is 23.4 Å². The van der Waals surface area contributed by atoms with E-state index in [1.165, 1.54) is 11.3 Å². The number of hydrogen-bond donors (Lipinski definition) is 2. The summed E-state index contributed by atoms with van der Waals surface area (Å²) in [6.45, 7) is 0. The number of hydrogen-bond acceptors (Lipinski definition) is 4. The maximum atomic E-state index is 12.1. The Labute approximate surface area is 128 Å². The van der Waals surface area contributed by atoms with Crippen molar-refractivity contribution in [3.05, 3.63) is 35.7 Å². The zero-order valence-corrected chi connectivity index (χ0v) is 12.6. The van der Waals surface area contributed by atoms with Crippen LogP contribution in [-0.4, -0.2) is 16.9 Å². The predicted molar refractivity (Wildman–Crippen MR) is 86.1 cm³/mol. The van der Waals surface area contributed by atoms with Crippen LogP contribution in [0.4, 0.5) is 5.13 Å². The molecule has 0 saturated heterocycles. The van der Waals surface area contributed by atoms with Crippen LogP contribution in [0.3, 0.4) is 0 Å². The van der Waals surface area contributed by atoms with Gasteiger partial charge in [0.15, 0.2) is 5.13 Å². The van der Waals surface area contributed by atoms with Crippen molar-refractivity contribution in [3.63, 3.8) is 0 Å². The van der Waals surface area contributed by atoms with Gasteiger partial charge in [0.25, 0.3) is 0 Å². The van der Waals surface area contributed by atoms with E-state index in [1.807, 2.05) is 35.7 Å². The van der Waals surface area contributed by atoms with Gasteiger partial charge in [-0.15, -0.1) is 11.3 Å². The van der Waals surface area contributed by atoms with E-state index >= 15 is 0 Å². The quantitative estimate of drug-likeness (QED) is 0.910. The monoisotopic (exact) mass is 301 g/mol. The third-order valence-corrected chi connectivity index (χ3v) is 4.74. The lowest BCUT2D eigenvalue weighted by atomic mass is 10.00. The SMILES string of the molecule is N[C@@H]1CCC[C@H]1CC(=O)Nc1nc(-c2ccccc2)cs1. The molecule has 1 aromatic heterocycles. The first kappa shape index (κ1) is 14.2. The third kappa shape index (κ3) is 3.49. The van der Waals surface area contributed by atoms with Crippen LogP contribution in [0.1, 0.15) is 25.7 Å². The maximum Gasteiger partial charge on any atom is 0.226 e. The molecule has 110 valence electrons. The fourth-order valence-corrected chi connectivity index (χ4v) is 3.54. The van der Waals surface area contributed by atoms with E-state index in [0.29, 0.717) is 17.5 Å². The van der Waals surface area contributed by atoms with E-state index in [4.69, 9.17) is 5.73 Å². The largest absolute Gasteiger partial charge is 0.327 e. The minimum Gasteiger partial charge on any atom is -0.327 e. The van der Waals surface area contributed by atoms with Crippen molar-refractivity contribution in [3.8, 4) is 11.3 Å². The summed E-state index contributed by atoms with van der Waals surface area (Å²) < 4.78 is 0. The highest BCUT2D eigenvalue weighted by atomic mass is 32.1. The van der Waals surface area contributed by atoms with Crippen molar-refractivity contribution in [1.29, 1.82) is 0 Å². The van der Waals surface area contributed by atoms with Crippen LogP contribution in [0.5, 0.6) is 0 Å². The smallest absolute Gasteiger partial charge is 0.226 e. The average Bonchev–Trinajstić information content (AvgIpc) is 3.10. The molecule has 0 spiro atoms. The molecule has 1 heterocycles. The van der Waals surface area contributed by atoms with Crippen LogP contribution in [-0.2, 0) is 4.79 Å². The van der Waals surface area contributed by atoms with Crippen LogP contribution in [0, 0.1) is 5.92 Å². The molecule has 2 aromatic rings. The minimum atomic E-state index is 0.0197. The van der Waals surface area contributed by atoms with Gasteiger partial charge in [0.1, 0.15) is 0 Å². The molecule has 1 fully saturated rings. The molecule has 5 heteroatoms. The van der Waals surface area contributed by atoms with Gasteiger partial charge >= 0.3 is 0 Å². The van der Waals surface area contributed by atoms with Crippen molar-refractivity contribution in [2.75, 3.05) is 5.32 Å². The number of benzene rings is 1. The standard InChI is InChI=1S/C16H19N3OS/c17-13-8-4-7-12(13)9-15(20)19-16-18-14(10-21-16)11-5-2-1-3-6-11/h1-3,5-6,10,12-13H,4,7-9,17H2,(H,18,19,20)/t12-,13+/m0/s1. The normalized spacial score (nSPS) is 21.4. The molecule has 1 aromatic carbocycles. The summed E-state index contributed by atoms with van der Waals surface area (Å²) in [4.78, 5) is 16.5. The van der Waals surface area contributed by atoms with E-state index in [1.54, 1.807) is 0 Å². The van der Waals surface area contributed by atoms with Gasteiger partial charge in [-0.2, -0.15) is 0 Å². The second kappa shape index (κ2) is 6.37. The molecule has 3 rings (SSSR count). The summed E-state index contributed by atoms with van der Waals surface area (Å²) in [7, 11) is 0. The number of nitrogens with one attached hydrogen (secondary N) is 1. The Hall–Kier alpha value is -1.72. The van der Waals surface area contributed by atoms with Crippen LogP contribution in [0.15, 0.2) is 35.7 Å². The zero-order valence-electron chi connectivity index (χ0n) is 11.8. The zero-order chi connectivity index (χ0) is 14.7. The Bertz CT molecular complexity index is 611. The first-order valence-corrected chi connectivity index (χ1v) is 8.17. The Kier molecular flexibility index (Phi) is 4.31. The van der Waals surface area contributed by atoms with Crippen LogP contribution >= 0.6 is 11.3 Å². The molecule has 0 unspecified atom stereocenters. The lowest BCUT2D eigenvalue weighted by molar-refractivity contribution is -0.117. The van der Waals surface area contributed by atoms with E-state index in [2.05, 4.69) is 10.3 Å². The maximum absolute atomic E-state index is 12.1. The van der Waals surface area contributed by atoms with Gasteiger partial charge < -0.3 is 11.1 Å². The van der Waals surface area contributed by atoms with Crippen LogP contribution in [0.25, 0.3) is 11.3 Å². The number of aromatic nitrogens is 1. The van der Waals surface area contributed by atoms with E-state index in [-0.39, 0.29) is 11.9 Å². The van der Waals surface area contributed by atoms with Crippen molar-refractivity contribution in [1.82, 2.24) is 4.98 Å². The molecule has 1 aliphatic carbocycles. The van der Waals surface area contributed by atoms with Crippen molar-refractivity contribution >= 4 is 22.4 Å². The molecule has 21 heavy (non-hydrogen) atoms. The molecule has 0 radical (unpaired) electrons. The van der Waals surface area contributed by atoms with Crippen molar-refractivity contribution < 1.29 is 4.79 Å². The number of amides is 1. The van der Waals surface area contributed by atoms with Crippen LogP contribution in [0.2, 0.25) is 0 Å². The van der Waals surface area contributed by atoms with Gasteiger partial charge in [0.2, 0.25) is 5.91 Å². The molecule has 0 aliphatic heterocycles. The van der Waals surface area contributed by atoms with Gasteiger partial charge in [-0.3, -0.25) is 4.79 Å². The van der Waals surface area contributed by atoms with E-state index in [0.717, 1.165) is 30.5 Å². The van der Waals surface area contributed by atoms with E-state index in [9.17, 15) is 4.79 Å². The molecule has 2 atom stereocenters. The highest BCUT2D eigenvalue weighted by molar-refractivity contribution is 7.14. The number of thiazole rings is 1. The van der Waals surface area contributed by atoms with Gasteiger partial charge in [-0.1, -0.05) is 36.8 Å². The molecule has 4 nitrogen and oxygen atoms in total. The number of rotatable bonds is 4. The summed E-state index contributed by atoms with van der Waals surface area (Å²) in [6, 6.07) is 10.1. The summed E-state index contributed by atoms with van der Waals surface area (Å²) >= 11 is 1.46. The Balaban J connectivity index is 1.61. The fraction of sp³-hybridized carbons (Fsp3) is 0.375. The first-order chi connectivity index (χ1) is 10.2. The molecule has 1 aliphatic rings. The lowest BCUT2D eigenvalue weighted by Gasteiger charge is -2.13. The topological polar surface area (TPSA) is 68.0 Å². The molecule has 1 amide bonds. The highest BCUT2D eigenvalue weighted by Crippen LogP contribution is 2.28. The van der Waals surface area contributed by atoms with Gasteiger partial charge in [-0.25, -0.2) is 4.98 Å². The van der Waals surface area contributed by atoms with Gasteiger partial charge in [-0.05, 0) is 18.8 Å². The Morgan fingerprint density at radius 3 is 2.86 bits per heavy atom. The number of carbonyl (C=O) groups is 1. The number of anilines is 1.